The summed E-state index contributed by atoms with van der Waals surface area (Å²) in [5, 5.41) is 0. The minimum atomic E-state index is -0.131. The molecular weight excluding hydrogens is 256 g/mol. The molecule has 2 aromatic rings. The number of hydrogen-bond donors (Lipinski definition) is 1. The maximum atomic E-state index is 12.3. The van der Waals surface area contributed by atoms with Gasteiger partial charge in [-0.05, 0) is 31.5 Å². The van der Waals surface area contributed by atoms with Crippen LogP contribution in [0.1, 0.15) is 22.4 Å². The Bertz CT molecular complexity index is 689. The zero-order valence-corrected chi connectivity index (χ0v) is 11.8. The van der Waals surface area contributed by atoms with Crippen LogP contribution in [0.5, 0.6) is 0 Å². The zero-order chi connectivity index (χ0) is 14.0. The highest BCUT2D eigenvalue weighted by Crippen LogP contribution is 2.07. The van der Waals surface area contributed by atoms with Gasteiger partial charge in [0.15, 0.2) is 0 Å². The molecule has 0 aliphatic rings. The van der Waals surface area contributed by atoms with Crippen LogP contribution in [0, 0.1) is 13.8 Å². The number of thiocarbonyl (C=S) groups is 1. The molecule has 0 saturated heterocycles. The number of hydrogen-bond acceptors (Lipinski definition) is 2. The van der Waals surface area contributed by atoms with Crippen LogP contribution in [0.25, 0.3) is 0 Å². The first-order chi connectivity index (χ1) is 8.99. The van der Waals surface area contributed by atoms with Crippen molar-refractivity contribution in [2.45, 2.75) is 20.4 Å². The third-order valence-corrected chi connectivity index (χ3v) is 3.30. The van der Waals surface area contributed by atoms with Gasteiger partial charge in [0.05, 0.1) is 12.1 Å². The third kappa shape index (κ3) is 2.90. The van der Waals surface area contributed by atoms with Crippen molar-refractivity contribution in [2.75, 3.05) is 0 Å². The Morgan fingerprint density at radius 2 is 2.00 bits per heavy atom. The van der Waals surface area contributed by atoms with Crippen molar-refractivity contribution in [3.8, 4) is 0 Å². The quantitative estimate of drug-likeness (QED) is 0.871. The van der Waals surface area contributed by atoms with E-state index in [4.69, 9.17) is 18.0 Å². The molecule has 98 valence electrons. The Morgan fingerprint density at radius 3 is 2.63 bits per heavy atom. The summed E-state index contributed by atoms with van der Waals surface area (Å²) in [5.41, 5.74) is 8.99. The smallest absolute Gasteiger partial charge is 0.261 e. The Kier molecular flexibility index (Phi) is 3.81. The van der Waals surface area contributed by atoms with Crippen molar-refractivity contribution in [2.24, 2.45) is 5.73 Å². The lowest BCUT2D eigenvalue weighted by molar-refractivity contribution is 0.728. The molecule has 0 aliphatic heterocycles. The molecule has 2 N–H and O–H groups in total. The number of rotatable bonds is 3. The molecule has 0 spiro atoms. The fraction of sp³-hybridized carbons (Fsp3) is 0.200. The molecular formula is C15H16N2OS. The normalized spacial score (nSPS) is 10.4. The van der Waals surface area contributed by atoms with Crippen molar-refractivity contribution in [3.63, 3.8) is 0 Å². The molecule has 3 nitrogen and oxygen atoms in total. The van der Waals surface area contributed by atoms with Gasteiger partial charge in [0.1, 0.15) is 4.99 Å². The van der Waals surface area contributed by atoms with E-state index < -0.39 is 0 Å². The van der Waals surface area contributed by atoms with Crippen LogP contribution in [0.4, 0.5) is 0 Å². The van der Waals surface area contributed by atoms with Crippen LogP contribution < -0.4 is 11.3 Å². The lowest BCUT2D eigenvalue weighted by Gasteiger charge is -2.12. The highest BCUT2D eigenvalue weighted by atomic mass is 32.1. The molecule has 0 bridgehead atoms. The van der Waals surface area contributed by atoms with Gasteiger partial charge in [0.2, 0.25) is 0 Å². The lowest BCUT2D eigenvalue weighted by Crippen LogP contribution is -2.30. The minimum absolute atomic E-state index is 0.131. The van der Waals surface area contributed by atoms with Crippen LogP contribution in [0.15, 0.2) is 41.2 Å². The first-order valence-electron chi connectivity index (χ1n) is 6.05. The van der Waals surface area contributed by atoms with E-state index >= 15 is 0 Å². The number of pyridine rings is 1. The van der Waals surface area contributed by atoms with Gasteiger partial charge in [0, 0.05) is 5.69 Å². The Hall–Kier alpha value is -1.94. The second-order valence-electron chi connectivity index (χ2n) is 4.63. The van der Waals surface area contributed by atoms with Gasteiger partial charge in [-0.15, -0.1) is 0 Å². The number of aryl methyl sites for hydroxylation is 2. The molecule has 2 rings (SSSR count). The molecule has 1 aromatic carbocycles. The molecule has 1 aromatic heterocycles. The summed E-state index contributed by atoms with van der Waals surface area (Å²) in [4.78, 5) is 12.5. The summed E-state index contributed by atoms with van der Waals surface area (Å²) in [6.07, 6.45) is 0. The summed E-state index contributed by atoms with van der Waals surface area (Å²) in [6.45, 7) is 4.47. The van der Waals surface area contributed by atoms with E-state index in [9.17, 15) is 4.79 Å². The lowest BCUT2D eigenvalue weighted by atomic mass is 10.1. The molecule has 0 aliphatic carbocycles. The number of benzene rings is 1. The maximum absolute atomic E-state index is 12.3. The van der Waals surface area contributed by atoms with Crippen molar-refractivity contribution in [3.05, 3.63) is 69.1 Å². The fourth-order valence-electron chi connectivity index (χ4n) is 2.05. The number of nitrogens with zero attached hydrogens (tertiary/aromatic N) is 1. The summed E-state index contributed by atoms with van der Waals surface area (Å²) < 4.78 is 1.70. The van der Waals surface area contributed by atoms with Crippen molar-refractivity contribution >= 4 is 17.2 Å². The molecule has 0 fully saturated rings. The molecule has 0 atom stereocenters. The van der Waals surface area contributed by atoms with E-state index in [2.05, 4.69) is 6.07 Å². The van der Waals surface area contributed by atoms with E-state index in [-0.39, 0.29) is 10.5 Å². The fourth-order valence-corrected chi connectivity index (χ4v) is 2.20. The Balaban J connectivity index is 2.48. The van der Waals surface area contributed by atoms with E-state index in [1.807, 2.05) is 38.1 Å². The highest BCUT2D eigenvalue weighted by Gasteiger charge is 2.08. The zero-order valence-electron chi connectivity index (χ0n) is 11.0. The molecule has 0 saturated carbocycles. The first-order valence-corrected chi connectivity index (χ1v) is 6.45. The van der Waals surface area contributed by atoms with Gasteiger partial charge in [-0.2, -0.15) is 0 Å². The summed E-state index contributed by atoms with van der Waals surface area (Å²) in [6, 6.07) is 11.6. The Morgan fingerprint density at radius 1 is 1.26 bits per heavy atom. The van der Waals surface area contributed by atoms with E-state index in [0.717, 1.165) is 11.3 Å². The predicted octanol–water partition coefficient (Wildman–Crippen LogP) is 2.15. The topological polar surface area (TPSA) is 48.0 Å². The minimum Gasteiger partial charge on any atom is -0.389 e. The second-order valence-corrected chi connectivity index (χ2v) is 5.07. The van der Waals surface area contributed by atoms with Crippen LogP contribution >= 0.6 is 12.2 Å². The maximum Gasteiger partial charge on any atom is 0.261 e. The monoisotopic (exact) mass is 272 g/mol. The van der Waals surface area contributed by atoms with Crippen molar-refractivity contribution in [1.29, 1.82) is 0 Å². The highest BCUT2D eigenvalue weighted by molar-refractivity contribution is 7.80. The third-order valence-electron chi connectivity index (χ3n) is 3.08. The molecule has 1 heterocycles. The van der Waals surface area contributed by atoms with Gasteiger partial charge in [0.25, 0.3) is 5.56 Å². The van der Waals surface area contributed by atoms with Gasteiger partial charge >= 0.3 is 0 Å². The molecule has 4 heteroatoms. The van der Waals surface area contributed by atoms with Crippen LogP contribution in [-0.2, 0) is 6.54 Å². The summed E-state index contributed by atoms with van der Waals surface area (Å²) >= 11 is 4.90. The number of aromatic nitrogens is 1. The van der Waals surface area contributed by atoms with Gasteiger partial charge in [-0.25, -0.2) is 0 Å². The van der Waals surface area contributed by atoms with Crippen LogP contribution in [0.3, 0.4) is 0 Å². The van der Waals surface area contributed by atoms with Crippen molar-refractivity contribution < 1.29 is 0 Å². The SMILES string of the molecule is Cc1cccc(Cn2c(C)ccc(C(N)=S)c2=O)c1. The van der Waals surface area contributed by atoms with Crippen LogP contribution in [-0.4, -0.2) is 9.56 Å². The second kappa shape index (κ2) is 5.36. The number of nitrogens with two attached hydrogens (primary N) is 1. The summed E-state index contributed by atoms with van der Waals surface area (Å²) in [7, 11) is 0. The van der Waals surface area contributed by atoms with Gasteiger partial charge in [-0.3, -0.25) is 4.79 Å². The van der Waals surface area contributed by atoms with Crippen LogP contribution in [0.2, 0.25) is 0 Å². The summed E-state index contributed by atoms with van der Waals surface area (Å²) in [5.74, 6) is 0. The van der Waals surface area contributed by atoms with E-state index in [1.54, 1.807) is 10.6 Å². The molecule has 0 unspecified atom stereocenters. The Labute approximate surface area is 117 Å². The van der Waals surface area contributed by atoms with Crippen molar-refractivity contribution in [1.82, 2.24) is 4.57 Å². The van der Waals surface area contributed by atoms with E-state index in [1.165, 1.54) is 5.56 Å². The van der Waals surface area contributed by atoms with E-state index in [0.29, 0.717) is 12.1 Å². The average Bonchev–Trinajstić information content (AvgIpc) is 2.34. The predicted molar refractivity (Wildman–Crippen MR) is 81.6 cm³/mol. The largest absolute Gasteiger partial charge is 0.389 e. The molecule has 19 heavy (non-hydrogen) atoms. The first kappa shape index (κ1) is 13.5. The molecule has 0 amide bonds. The molecule has 0 radical (unpaired) electrons. The van der Waals surface area contributed by atoms with Gasteiger partial charge in [-0.1, -0.05) is 42.0 Å². The van der Waals surface area contributed by atoms with Gasteiger partial charge < -0.3 is 10.3 Å². The standard InChI is InChI=1S/C15H16N2OS/c1-10-4-3-5-12(8-10)9-17-11(2)6-7-13(14(16)19)15(17)18/h3-8H,9H2,1-2H3,(H2,16,19). The average molecular weight is 272 g/mol.